The molecule has 0 unspecified atom stereocenters. The van der Waals surface area contributed by atoms with Crippen molar-refractivity contribution in [1.29, 1.82) is 0 Å². The van der Waals surface area contributed by atoms with E-state index in [9.17, 15) is 0 Å². The molecule has 3 aromatic carbocycles. The van der Waals surface area contributed by atoms with E-state index >= 15 is 0 Å². The van der Waals surface area contributed by atoms with Crippen molar-refractivity contribution in [3.05, 3.63) is 84.9 Å². The van der Waals surface area contributed by atoms with E-state index in [1.165, 1.54) is 27.5 Å². The van der Waals surface area contributed by atoms with Gasteiger partial charge in [0, 0.05) is 0 Å². The molecule has 20 heavy (non-hydrogen) atoms. The molecular weight excluding hydrogens is 240 g/mol. The third-order valence-corrected chi connectivity index (χ3v) is 3.69. The van der Waals surface area contributed by atoms with Gasteiger partial charge in [0.1, 0.15) is 0 Å². The largest absolute Gasteiger partial charge is 0.103 e. The van der Waals surface area contributed by atoms with Crippen molar-refractivity contribution in [3.63, 3.8) is 0 Å². The molecule has 0 aromatic heterocycles. The van der Waals surface area contributed by atoms with Crippen LogP contribution in [0.2, 0.25) is 0 Å². The molecule has 0 atom stereocenters. The Kier molecular flexibility index (Phi) is 3.64. The fourth-order valence-corrected chi connectivity index (χ4v) is 2.60. The maximum Gasteiger partial charge on any atom is -0.0105 e. The van der Waals surface area contributed by atoms with Crippen molar-refractivity contribution in [2.75, 3.05) is 0 Å². The minimum atomic E-state index is 1.04. The Morgan fingerprint density at radius 3 is 2.35 bits per heavy atom. The van der Waals surface area contributed by atoms with Crippen LogP contribution in [-0.4, -0.2) is 0 Å². The summed E-state index contributed by atoms with van der Waals surface area (Å²) in [5, 5.41) is 2.61. The van der Waals surface area contributed by atoms with Gasteiger partial charge in [-0.25, -0.2) is 0 Å². The van der Waals surface area contributed by atoms with Crippen LogP contribution < -0.4 is 0 Å². The quantitative estimate of drug-likeness (QED) is 0.532. The molecule has 0 amide bonds. The van der Waals surface area contributed by atoms with Crippen molar-refractivity contribution in [2.24, 2.45) is 0 Å². The van der Waals surface area contributed by atoms with Gasteiger partial charge in [-0.1, -0.05) is 72.8 Å². The van der Waals surface area contributed by atoms with E-state index in [1.807, 2.05) is 6.08 Å². The Morgan fingerprint density at radius 2 is 1.55 bits per heavy atom. The van der Waals surface area contributed by atoms with Gasteiger partial charge >= 0.3 is 0 Å². The average Bonchev–Trinajstić information content (AvgIpc) is 2.53. The molecule has 0 heterocycles. The van der Waals surface area contributed by atoms with E-state index in [0.717, 1.165) is 12.8 Å². The highest BCUT2D eigenvalue weighted by atomic mass is 14.1. The van der Waals surface area contributed by atoms with Crippen LogP contribution in [0.15, 0.2) is 79.4 Å². The molecule has 0 saturated heterocycles. The number of fused-ring (bicyclic) bond motifs is 1. The molecule has 98 valence electrons. The molecule has 3 aromatic rings. The fourth-order valence-electron chi connectivity index (χ4n) is 2.60. The van der Waals surface area contributed by atoms with Crippen molar-refractivity contribution in [3.8, 4) is 11.1 Å². The van der Waals surface area contributed by atoms with Gasteiger partial charge in [-0.05, 0) is 40.3 Å². The Bertz CT molecular complexity index is 715. The molecule has 0 aliphatic heterocycles. The monoisotopic (exact) mass is 258 g/mol. The number of hydrogen-bond acceptors (Lipinski definition) is 0. The summed E-state index contributed by atoms with van der Waals surface area (Å²) in [4.78, 5) is 0. The number of allylic oxidation sites excluding steroid dienone is 1. The normalized spacial score (nSPS) is 10.6. The summed E-state index contributed by atoms with van der Waals surface area (Å²) >= 11 is 0. The Balaban J connectivity index is 2.00. The molecule has 0 bridgehead atoms. The predicted octanol–water partition coefficient (Wildman–Crippen LogP) is 5.63. The number of rotatable bonds is 4. The van der Waals surface area contributed by atoms with Crippen molar-refractivity contribution in [2.45, 2.75) is 12.8 Å². The zero-order valence-electron chi connectivity index (χ0n) is 11.5. The van der Waals surface area contributed by atoms with Gasteiger partial charge in [-0.2, -0.15) is 0 Å². The molecule has 3 rings (SSSR count). The molecular formula is C20H18. The summed E-state index contributed by atoms with van der Waals surface area (Å²) in [7, 11) is 0. The summed E-state index contributed by atoms with van der Waals surface area (Å²) in [6.07, 6.45) is 4.07. The number of aryl methyl sites for hydroxylation is 1. The second-order valence-corrected chi connectivity index (χ2v) is 5.05. The van der Waals surface area contributed by atoms with Crippen LogP contribution in [0, 0.1) is 0 Å². The first kappa shape index (κ1) is 12.7. The Labute approximate surface area is 120 Å². The van der Waals surface area contributed by atoms with E-state index in [-0.39, 0.29) is 0 Å². The minimum Gasteiger partial charge on any atom is -0.103 e. The second-order valence-electron chi connectivity index (χ2n) is 5.05. The van der Waals surface area contributed by atoms with Crippen LogP contribution in [0.3, 0.4) is 0 Å². The molecule has 0 N–H and O–H groups in total. The summed E-state index contributed by atoms with van der Waals surface area (Å²) in [6.45, 7) is 3.78. The molecule has 0 spiro atoms. The maximum atomic E-state index is 3.78. The van der Waals surface area contributed by atoms with E-state index < -0.39 is 0 Å². The summed E-state index contributed by atoms with van der Waals surface area (Å²) < 4.78 is 0. The third-order valence-electron chi connectivity index (χ3n) is 3.69. The number of benzene rings is 3. The molecule has 0 radical (unpaired) electrons. The molecule has 0 fully saturated rings. The van der Waals surface area contributed by atoms with Crippen molar-refractivity contribution in [1.82, 2.24) is 0 Å². The van der Waals surface area contributed by atoms with E-state index in [4.69, 9.17) is 0 Å². The number of hydrogen-bond donors (Lipinski definition) is 0. The fraction of sp³-hybridized carbons (Fsp3) is 0.100. The summed E-state index contributed by atoms with van der Waals surface area (Å²) in [5.74, 6) is 0. The van der Waals surface area contributed by atoms with Crippen LogP contribution in [0.1, 0.15) is 12.0 Å². The first-order valence-corrected chi connectivity index (χ1v) is 7.06. The zero-order valence-corrected chi connectivity index (χ0v) is 11.5. The minimum absolute atomic E-state index is 1.04. The maximum absolute atomic E-state index is 3.78. The van der Waals surface area contributed by atoms with E-state index in [1.54, 1.807) is 0 Å². The van der Waals surface area contributed by atoms with Crippen molar-refractivity contribution >= 4 is 10.8 Å². The molecule has 0 nitrogen and oxygen atoms in total. The standard InChI is InChI=1S/C20H18/c1-2-3-7-16-12-14-18(15-13-16)20-11-6-9-17-8-4-5-10-19(17)20/h2,4-6,8-15H,1,3,7H2. The highest BCUT2D eigenvalue weighted by Crippen LogP contribution is 2.28. The first-order valence-electron chi connectivity index (χ1n) is 7.06. The van der Waals surface area contributed by atoms with Crippen LogP contribution in [0.25, 0.3) is 21.9 Å². The van der Waals surface area contributed by atoms with Crippen LogP contribution >= 0.6 is 0 Å². The highest BCUT2D eigenvalue weighted by Gasteiger charge is 2.03. The molecule has 0 aliphatic carbocycles. The Morgan fingerprint density at radius 1 is 0.800 bits per heavy atom. The van der Waals surface area contributed by atoms with Crippen LogP contribution in [0.5, 0.6) is 0 Å². The van der Waals surface area contributed by atoms with Gasteiger partial charge in [0.2, 0.25) is 0 Å². The van der Waals surface area contributed by atoms with Gasteiger partial charge < -0.3 is 0 Å². The van der Waals surface area contributed by atoms with Gasteiger partial charge in [0.15, 0.2) is 0 Å². The second kappa shape index (κ2) is 5.75. The lowest BCUT2D eigenvalue weighted by Gasteiger charge is -2.08. The lowest BCUT2D eigenvalue weighted by Crippen LogP contribution is -1.85. The summed E-state index contributed by atoms with van der Waals surface area (Å²) in [6, 6.07) is 23.9. The van der Waals surface area contributed by atoms with E-state index in [2.05, 4.69) is 73.3 Å². The van der Waals surface area contributed by atoms with Gasteiger partial charge in [0.05, 0.1) is 0 Å². The van der Waals surface area contributed by atoms with E-state index in [0.29, 0.717) is 0 Å². The lowest BCUT2D eigenvalue weighted by atomic mass is 9.97. The SMILES string of the molecule is C=CCCc1ccc(-c2cccc3ccccc23)cc1. The molecule has 0 heteroatoms. The average molecular weight is 258 g/mol. The molecule has 0 saturated carbocycles. The topological polar surface area (TPSA) is 0 Å². The zero-order chi connectivity index (χ0) is 13.8. The van der Waals surface area contributed by atoms with Gasteiger partial charge in [0.25, 0.3) is 0 Å². The van der Waals surface area contributed by atoms with Crippen molar-refractivity contribution < 1.29 is 0 Å². The molecule has 0 aliphatic rings. The Hall–Kier alpha value is -2.34. The van der Waals surface area contributed by atoms with Gasteiger partial charge in [-0.3, -0.25) is 0 Å². The van der Waals surface area contributed by atoms with Crippen LogP contribution in [0.4, 0.5) is 0 Å². The predicted molar refractivity (Wildman–Crippen MR) is 87.9 cm³/mol. The van der Waals surface area contributed by atoms with Crippen LogP contribution in [-0.2, 0) is 6.42 Å². The van der Waals surface area contributed by atoms with Gasteiger partial charge in [-0.15, -0.1) is 6.58 Å². The third kappa shape index (κ3) is 2.50. The first-order chi connectivity index (χ1) is 9.88. The summed E-state index contributed by atoms with van der Waals surface area (Å²) in [5.41, 5.74) is 3.96. The highest BCUT2D eigenvalue weighted by molar-refractivity contribution is 5.96. The lowest BCUT2D eigenvalue weighted by molar-refractivity contribution is 1.00. The smallest absolute Gasteiger partial charge is 0.0105 e.